The van der Waals surface area contributed by atoms with Gasteiger partial charge in [0.25, 0.3) is 10.0 Å². The fourth-order valence-corrected chi connectivity index (χ4v) is 3.05. The molecule has 0 fully saturated rings. The van der Waals surface area contributed by atoms with Gasteiger partial charge in [-0.1, -0.05) is 29.3 Å². The summed E-state index contributed by atoms with van der Waals surface area (Å²) >= 11 is 11.7. The predicted octanol–water partition coefficient (Wildman–Crippen LogP) is 2.61. The molecule has 0 aliphatic heterocycles. The monoisotopic (exact) mass is 317 g/mol. The zero-order valence-corrected chi connectivity index (χ0v) is 12.1. The van der Waals surface area contributed by atoms with Gasteiger partial charge in [-0.05, 0) is 18.2 Å². The van der Waals surface area contributed by atoms with E-state index in [1.54, 1.807) is 12.1 Å². The number of nitrogens with zero attached hydrogens (tertiary/aromatic N) is 3. The van der Waals surface area contributed by atoms with E-state index in [1.165, 1.54) is 31.6 Å². The van der Waals surface area contributed by atoms with E-state index in [9.17, 15) is 8.42 Å². The minimum Gasteiger partial charge on any atom is -0.250 e. The number of rotatable bonds is 3. The highest BCUT2D eigenvalue weighted by molar-refractivity contribution is 7.92. The van der Waals surface area contributed by atoms with Crippen molar-refractivity contribution in [3.05, 3.63) is 46.7 Å². The van der Waals surface area contributed by atoms with Crippen LogP contribution in [-0.4, -0.2) is 25.4 Å². The molecule has 0 aromatic carbocycles. The lowest BCUT2D eigenvalue weighted by Gasteiger charge is -2.18. The summed E-state index contributed by atoms with van der Waals surface area (Å²) < 4.78 is 25.6. The van der Waals surface area contributed by atoms with Gasteiger partial charge in [0, 0.05) is 19.4 Å². The van der Waals surface area contributed by atoms with Crippen LogP contribution in [0.25, 0.3) is 0 Å². The number of hydrogen-bond acceptors (Lipinski definition) is 4. The summed E-state index contributed by atoms with van der Waals surface area (Å²) in [4.78, 5) is 7.74. The van der Waals surface area contributed by atoms with E-state index in [2.05, 4.69) is 9.97 Å². The second-order valence-corrected chi connectivity index (χ2v) is 6.36. The lowest BCUT2D eigenvalue weighted by Crippen LogP contribution is -2.28. The largest absolute Gasteiger partial charge is 0.282 e. The first-order chi connectivity index (χ1) is 8.93. The third-order valence-electron chi connectivity index (χ3n) is 2.35. The number of anilines is 1. The second kappa shape index (κ2) is 5.32. The van der Waals surface area contributed by atoms with Crippen LogP contribution in [0.4, 0.5) is 5.82 Å². The average Bonchev–Trinajstić information content (AvgIpc) is 2.39. The highest BCUT2D eigenvalue weighted by Crippen LogP contribution is 2.28. The van der Waals surface area contributed by atoms with Gasteiger partial charge in [-0.25, -0.2) is 9.97 Å². The Morgan fingerprint density at radius 3 is 2.53 bits per heavy atom. The molecule has 0 spiro atoms. The number of aromatic nitrogens is 2. The average molecular weight is 318 g/mol. The Hall–Kier alpha value is -1.37. The molecule has 0 amide bonds. The summed E-state index contributed by atoms with van der Waals surface area (Å²) in [6, 6.07) is 6.04. The van der Waals surface area contributed by atoms with Crippen molar-refractivity contribution >= 4 is 39.0 Å². The lowest BCUT2D eigenvalue weighted by molar-refractivity contribution is 0.590. The van der Waals surface area contributed by atoms with Crippen molar-refractivity contribution in [2.45, 2.75) is 5.03 Å². The smallest absolute Gasteiger partial charge is 0.250 e. The van der Waals surface area contributed by atoms with Crippen LogP contribution in [0.1, 0.15) is 0 Å². The van der Waals surface area contributed by atoms with E-state index in [1.807, 2.05) is 0 Å². The SMILES string of the molecule is CN(c1ncc(Cl)cc1Cl)S(=O)(=O)c1ccccn1. The molecular formula is C11H9Cl2N3O2S. The molecule has 0 aliphatic carbocycles. The van der Waals surface area contributed by atoms with E-state index >= 15 is 0 Å². The fourth-order valence-electron chi connectivity index (χ4n) is 1.39. The predicted molar refractivity (Wildman–Crippen MR) is 74.1 cm³/mol. The number of halogens is 2. The van der Waals surface area contributed by atoms with E-state index in [-0.39, 0.29) is 15.9 Å². The molecule has 5 nitrogen and oxygen atoms in total. The molecule has 8 heteroatoms. The minimum absolute atomic E-state index is 0.0784. The van der Waals surface area contributed by atoms with Crippen molar-refractivity contribution in [1.29, 1.82) is 0 Å². The molecule has 100 valence electrons. The Kier molecular flexibility index (Phi) is 3.93. The van der Waals surface area contributed by atoms with Gasteiger partial charge in [0.15, 0.2) is 10.8 Å². The van der Waals surface area contributed by atoms with Crippen molar-refractivity contribution in [2.24, 2.45) is 0 Å². The standard InChI is InChI=1S/C11H9Cl2N3O2S/c1-16(11-9(13)6-8(12)7-15-11)19(17,18)10-4-2-3-5-14-10/h2-7H,1H3. The molecule has 2 aromatic heterocycles. The summed E-state index contributed by atoms with van der Waals surface area (Å²) in [6.45, 7) is 0. The first-order valence-corrected chi connectivity index (χ1v) is 7.33. The zero-order chi connectivity index (χ0) is 14.0. The van der Waals surface area contributed by atoms with Crippen molar-refractivity contribution in [3.63, 3.8) is 0 Å². The van der Waals surface area contributed by atoms with Crippen LogP contribution in [0.15, 0.2) is 41.7 Å². The maximum Gasteiger partial charge on any atom is 0.282 e. The molecule has 0 atom stereocenters. The quantitative estimate of drug-likeness (QED) is 0.873. The van der Waals surface area contributed by atoms with Crippen molar-refractivity contribution < 1.29 is 8.42 Å². The van der Waals surface area contributed by atoms with E-state index < -0.39 is 10.0 Å². The van der Waals surface area contributed by atoms with Gasteiger partial charge < -0.3 is 0 Å². The normalized spacial score (nSPS) is 11.3. The van der Waals surface area contributed by atoms with Crippen LogP contribution in [0, 0.1) is 0 Å². The summed E-state index contributed by atoms with van der Waals surface area (Å²) in [5, 5.41) is 0.400. The maximum absolute atomic E-state index is 12.3. The number of sulfonamides is 1. The van der Waals surface area contributed by atoms with Gasteiger partial charge in [-0.2, -0.15) is 8.42 Å². The van der Waals surface area contributed by atoms with Crippen molar-refractivity contribution in [2.75, 3.05) is 11.4 Å². The highest BCUT2D eigenvalue weighted by Gasteiger charge is 2.25. The fraction of sp³-hybridized carbons (Fsp3) is 0.0909. The summed E-state index contributed by atoms with van der Waals surface area (Å²) in [6.07, 6.45) is 2.73. The van der Waals surface area contributed by atoms with Crippen LogP contribution >= 0.6 is 23.2 Å². The van der Waals surface area contributed by atoms with Crippen LogP contribution in [-0.2, 0) is 10.0 Å². The second-order valence-electron chi connectivity index (χ2n) is 3.60. The van der Waals surface area contributed by atoms with E-state index in [0.29, 0.717) is 5.02 Å². The van der Waals surface area contributed by atoms with Crippen molar-refractivity contribution in [3.8, 4) is 0 Å². The topological polar surface area (TPSA) is 63.2 Å². The van der Waals surface area contributed by atoms with Gasteiger partial charge in [-0.15, -0.1) is 0 Å². The number of hydrogen-bond donors (Lipinski definition) is 0. The number of pyridine rings is 2. The molecule has 2 heterocycles. The molecule has 0 saturated heterocycles. The molecule has 2 rings (SSSR count). The maximum atomic E-state index is 12.3. The van der Waals surface area contributed by atoms with Crippen molar-refractivity contribution in [1.82, 2.24) is 9.97 Å². The Balaban J connectivity index is 2.47. The van der Waals surface area contributed by atoms with E-state index in [4.69, 9.17) is 23.2 Å². The minimum atomic E-state index is -3.80. The van der Waals surface area contributed by atoms with Gasteiger partial charge in [0.1, 0.15) is 0 Å². The Bertz CT molecular complexity index is 692. The van der Waals surface area contributed by atoms with Gasteiger partial charge in [-0.3, -0.25) is 4.31 Å². The Morgan fingerprint density at radius 1 is 1.21 bits per heavy atom. The Labute approximate surface area is 120 Å². The van der Waals surface area contributed by atoms with Crippen LogP contribution in [0.3, 0.4) is 0 Å². The van der Waals surface area contributed by atoms with Crippen LogP contribution in [0.2, 0.25) is 10.0 Å². The third kappa shape index (κ3) is 2.80. The van der Waals surface area contributed by atoms with Gasteiger partial charge in [0.2, 0.25) is 0 Å². The van der Waals surface area contributed by atoms with Crippen LogP contribution in [0.5, 0.6) is 0 Å². The molecule has 0 N–H and O–H groups in total. The lowest BCUT2D eigenvalue weighted by atomic mass is 10.4. The third-order valence-corrected chi connectivity index (χ3v) is 4.50. The van der Waals surface area contributed by atoms with Gasteiger partial charge in [0.05, 0.1) is 10.0 Å². The summed E-state index contributed by atoms with van der Waals surface area (Å²) in [5.41, 5.74) is 0. The molecule has 19 heavy (non-hydrogen) atoms. The Morgan fingerprint density at radius 2 is 1.95 bits per heavy atom. The zero-order valence-electron chi connectivity index (χ0n) is 9.79. The molecule has 2 aromatic rings. The molecule has 0 aliphatic rings. The van der Waals surface area contributed by atoms with Gasteiger partial charge >= 0.3 is 0 Å². The highest BCUT2D eigenvalue weighted by atomic mass is 35.5. The van der Waals surface area contributed by atoms with Crippen LogP contribution < -0.4 is 4.31 Å². The molecule has 0 bridgehead atoms. The first kappa shape index (κ1) is 14.0. The molecular weight excluding hydrogens is 309 g/mol. The first-order valence-electron chi connectivity index (χ1n) is 5.14. The summed E-state index contributed by atoms with van der Waals surface area (Å²) in [5.74, 6) is 0.0942. The summed E-state index contributed by atoms with van der Waals surface area (Å²) in [7, 11) is -2.44. The molecule has 0 unspecified atom stereocenters. The molecule has 0 saturated carbocycles. The molecule has 0 radical (unpaired) electrons. The van der Waals surface area contributed by atoms with E-state index in [0.717, 1.165) is 4.31 Å².